The van der Waals surface area contributed by atoms with Crippen LogP contribution in [0.3, 0.4) is 0 Å². The number of nitrogens with zero attached hydrogens (tertiary/aromatic N) is 3. The molecule has 0 fully saturated rings. The molecule has 3 aromatic carbocycles. The molecule has 0 saturated carbocycles. The fourth-order valence-corrected chi connectivity index (χ4v) is 2.35. The lowest BCUT2D eigenvalue weighted by Crippen LogP contribution is -2.07. The van der Waals surface area contributed by atoms with Crippen LogP contribution in [0, 0.1) is 10.1 Å². The molecule has 9 heteroatoms. The van der Waals surface area contributed by atoms with Crippen LogP contribution in [0.5, 0.6) is 0 Å². The third-order valence-corrected chi connectivity index (χ3v) is 3.93. The van der Waals surface area contributed by atoms with E-state index in [1.807, 2.05) is 30.3 Å². The molecule has 0 aliphatic carbocycles. The van der Waals surface area contributed by atoms with Crippen molar-refractivity contribution in [2.75, 3.05) is 5.48 Å². The lowest BCUT2D eigenvalue weighted by molar-refractivity contribution is -0.384. The third kappa shape index (κ3) is 6.43. The molecule has 154 valence electrons. The fourth-order valence-electron chi connectivity index (χ4n) is 2.35. The predicted octanol–water partition coefficient (Wildman–Crippen LogP) is 5.10. The number of hydrogen-bond donors (Lipinski definition) is 1. The second kappa shape index (κ2) is 10.2. The maximum absolute atomic E-state index is 12.0. The zero-order valence-corrected chi connectivity index (χ0v) is 16.0. The monoisotopic (exact) mass is 416 g/mol. The highest BCUT2D eigenvalue weighted by atomic mass is 16.7. The summed E-state index contributed by atoms with van der Waals surface area (Å²) >= 11 is 0. The molecule has 0 atom stereocenters. The third-order valence-electron chi connectivity index (χ3n) is 3.93. The van der Waals surface area contributed by atoms with Gasteiger partial charge in [0.25, 0.3) is 11.6 Å². The van der Waals surface area contributed by atoms with E-state index in [1.165, 1.54) is 30.3 Å². The first kappa shape index (κ1) is 21.1. The van der Waals surface area contributed by atoms with E-state index in [-0.39, 0.29) is 11.3 Å². The van der Waals surface area contributed by atoms with E-state index < -0.39 is 16.8 Å². The van der Waals surface area contributed by atoms with Gasteiger partial charge >= 0.3 is 5.97 Å². The van der Waals surface area contributed by atoms with Crippen LogP contribution in [0.1, 0.15) is 15.9 Å². The van der Waals surface area contributed by atoms with Gasteiger partial charge in [0.15, 0.2) is 0 Å². The normalized spacial score (nSPS) is 10.8. The van der Waals surface area contributed by atoms with E-state index in [2.05, 4.69) is 15.7 Å². The van der Waals surface area contributed by atoms with E-state index in [0.717, 1.165) is 5.56 Å². The lowest BCUT2D eigenvalue weighted by atomic mass is 10.2. The molecule has 0 spiro atoms. The van der Waals surface area contributed by atoms with Gasteiger partial charge in [-0.05, 0) is 48.0 Å². The number of non-ortho nitro benzene ring substituents is 1. The Morgan fingerprint density at radius 2 is 1.61 bits per heavy atom. The molecule has 0 aliphatic heterocycles. The highest BCUT2D eigenvalue weighted by Crippen LogP contribution is 2.18. The van der Waals surface area contributed by atoms with Gasteiger partial charge in [0.1, 0.15) is 0 Å². The van der Waals surface area contributed by atoms with Crippen LogP contribution >= 0.6 is 0 Å². The largest absolute Gasteiger partial charge is 0.355 e. The summed E-state index contributed by atoms with van der Waals surface area (Å²) in [6.45, 7) is 0. The molecule has 0 aromatic heterocycles. The molecule has 0 unspecified atom stereocenters. The fraction of sp³-hybridized carbons (Fsp3) is 0. The van der Waals surface area contributed by atoms with Crippen LogP contribution in [0.4, 0.5) is 17.1 Å². The number of anilines is 1. The van der Waals surface area contributed by atoms with Crippen LogP contribution in [-0.4, -0.2) is 16.8 Å². The van der Waals surface area contributed by atoms with E-state index in [9.17, 15) is 19.7 Å². The number of benzene rings is 3. The van der Waals surface area contributed by atoms with Gasteiger partial charge in [-0.15, -0.1) is 10.2 Å². The van der Waals surface area contributed by atoms with E-state index in [1.54, 1.807) is 30.3 Å². The maximum atomic E-state index is 12.0. The number of nitro groups is 1. The van der Waals surface area contributed by atoms with Crippen molar-refractivity contribution in [1.82, 2.24) is 0 Å². The van der Waals surface area contributed by atoms with Crippen molar-refractivity contribution in [2.24, 2.45) is 10.2 Å². The molecule has 1 amide bonds. The molecule has 3 rings (SSSR count). The van der Waals surface area contributed by atoms with Crippen molar-refractivity contribution >= 4 is 35.0 Å². The second-order valence-corrected chi connectivity index (χ2v) is 6.12. The van der Waals surface area contributed by atoms with Crippen molar-refractivity contribution in [3.8, 4) is 0 Å². The lowest BCUT2D eigenvalue weighted by Gasteiger charge is -2.04. The summed E-state index contributed by atoms with van der Waals surface area (Å²) < 4.78 is 0. The number of nitro benzene ring substituents is 1. The number of nitrogens with one attached hydrogen (secondary N) is 1. The topological polar surface area (TPSA) is 123 Å². The molecular formula is C22H16N4O5. The summed E-state index contributed by atoms with van der Waals surface area (Å²) in [6, 6.07) is 20.7. The zero-order chi connectivity index (χ0) is 22.1. The first-order valence-corrected chi connectivity index (χ1v) is 9.02. The number of carbonyl (C=O) groups is 2. The molecule has 0 bridgehead atoms. The second-order valence-electron chi connectivity index (χ2n) is 6.12. The standard InChI is InChI=1S/C22H16N4O5/c27-21(15-6-16-4-2-1-3-5-16)31-25-19-11-9-18(10-12-19)23-24-22(28)17-7-13-20(14-8-17)26(29)30/h1-15,25H. The SMILES string of the molecule is O=C(C=Cc1ccccc1)ONc1ccc(N=NC(=O)c2ccc([N+](=O)[O-])cc2)cc1. The minimum Gasteiger partial charge on any atom is -0.339 e. The van der Waals surface area contributed by atoms with Crippen LogP contribution < -0.4 is 5.48 Å². The Labute approximate surface area is 176 Å². The number of hydrogen-bond acceptors (Lipinski definition) is 7. The Kier molecular flexibility index (Phi) is 6.94. The highest BCUT2D eigenvalue weighted by Gasteiger charge is 2.08. The van der Waals surface area contributed by atoms with Crippen LogP contribution in [-0.2, 0) is 9.63 Å². The molecule has 0 radical (unpaired) electrons. The average Bonchev–Trinajstić information content (AvgIpc) is 2.81. The quantitative estimate of drug-likeness (QED) is 0.247. The van der Waals surface area contributed by atoms with E-state index >= 15 is 0 Å². The number of carbonyl (C=O) groups excluding carboxylic acids is 2. The van der Waals surface area contributed by atoms with Crippen molar-refractivity contribution in [3.63, 3.8) is 0 Å². The van der Waals surface area contributed by atoms with Crippen LogP contribution in [0.25, 0.3) is 6.08 Å². The Morgan fingerprint density at radius 1 is 0.935 bits per heavy atom. The average molecular weight is 416 g/mol. The van der Waals surface area contributed by atoms with Crippen LogP contribution in [0.2, 0.25) is 0 Å². The summed E-state index contributed by atoms with van der Waals surface area (Å²) in [5.41, 5.74) is 4.36. The van der Waals surface area contributed by atoms with Crippen molar-refractivity contribution in [1.29, 1.82) is 0 Å². The first-order chi connectivity index (χ1) is 15.0. The number of amides is 1. The molecule has 31 heavy (non-hydrogen) atoms. The number of rotatable bonds is 7. The van der Waals surface area contributed by atoms with Gasteiger partial charge in [-0.3, -0.25) is 14.9 Å². The van der Waals surface area contributed by atoms with Gasteiger partial charge in [-0.1, -0.05) is 30.3 Å². The van der Waals surface area contributed by atoms with Gasteiger partial charge in [-0.2, -0.15) is 0 Å². The van der Waals surface area contributed by atoms with Crippen molar-refractivity contribution < 1.29 is 19.3 Å². The Bertz CT molecular complexity index is 1120. The molecule has 3 aromatic rings. The molecule has 0 heterocycles. The maximum Gasteiger partial charge on any atom is 0.355 e. The minimum atomic E-state index is -0.628. The van der Waals surface area contributed by atoms with Gasteiger partial charge in [-0.25, -0.2) is 10.3 Å². The van der Waals surface area contributed by atoms with Gasteiger partial charge in [0, 0.05) is 23.8 Å². The predicted molar refractivity (Wildman–Crippen MR) is 114 cm³/mol. The van der Waals surface area contributed by atoms with Crippen LogP contribution in [0.15, 0.2) is 95.2 Å². The van der Waals surface area contributed by atoms with Gasteiger partial charge in [0.05, 0.1) is 16.3 Å². The zero-order valence-electron chi connectivity index (χ0n) is 16.0. The first-order valence-electron chi connectivity index (χ1n) is 9.02. The summed E-state index contributed by atoms with van der Waals surface area (Å²) in [6.07, 6.45) is 2.93. The Morgan fingerprint density at radius 3 is 2.26 bits per heavy atom. The van der Waals surface area contributed by atoms with Crippen molar-refractivity contribution in [3.05, 3.63) is 106 Å². The van der Waals surface area contributed by atoms with Crippen molar-refractivity contribution in [2.45, 2.75) is 0 Å². The molecule has 0 saturated heterocycles. The summed E-state index contributed by atoms with van der Waals surface area (Å²) in [5, 5.41) is 18.1. The smallest absolute Gasteiger partial charge is 0.339 e. The van der Waals surface area contributed by atoms with Gasteiger partial charge in [0.2, 0.25) is 0 Å². The molecule has 0 aliphatic rings. The Hall–Kier alpha value is -4.66. The molecule has 1 N–H and O–H groups in total. The highest BCUT2D eigenvalue weighted by molar-refractivity contribution is 5.94. The Balaban J connectivity index is 1.51. The summed E-state index contributed by atoms with van der Waals surface area (Å²) in [7, 11) is 0. The minimum absolute atomic E-state index is 0.118. The number of azo groups is 1. The van der Waals surface area contributed by atoms with E-state index in [0.29, 0.717) is 11.4 Å². The van der Waals surface area contributed by atoms with E-state index in [4.69, 9.17) is 4.84 Å². The molecule has 9 nitrogen and oxygen atoms in total. The molecular weight excluding hydrogens is 400 g/mol. The summed E-state index contributed by atoms with van der Waals surface area (Å²) in [4.78, 5) is 38.8. The summed E-state index contributed by atoms with van der Waals surface area (Å²) in [5.74, 6) is -1.20. The van der Waals surface area contributed by atoms with Gasteiger partial charge < -0.3 is 4.84 Å².